The Morgan fingerprint density at radius 2 is 2.08 bits per heavy atom. The number of nitrogens with zero attached hydrogens (tertiary/aromatic N) is 1. The van der Waals surface area contributed by atoms with Crippen molar-refractivity contribution in [1.29, 1.82) is 0 Å². The van der Waals surface area contributed by atoms with Crippen LogP contribution >= 0.6 is 11.6 Å². The van der Waals surface area contributed by atoms with Crippen molar-refractivity contribution in [2.45, 2.75) is 50.7 Å². The highest BCUT2D eigenvalue weighted by Gasteiger charge is 2.32. The van der Waals surface area contributed by atoms with E-state index < -0.39 is 6.09 Å². The Morgan fingerprint density at radius 1 is 1.22 bits per heavy atom. The lowest BCUT2D eigenvalue weighted by molar-refractivity contribution is -0.00864. The third kappa shape index (κ3) is 9.96. The number of hydrogen-bond acceptors (Lipinski definition) is 6. The fourth-order valence-corrected chi connectivity index (χ4v) is 5.55. The van der Waals surface area contributed by atoms with Gasteiger partial charge in [0, 0.05) is 56.4 Å². The Balaban J connectivity index is 1.62. The molecule has 10 heteroatoms. The Bertz CT molecular complexity index is 837. The van der Waals surface area contributed by atoms with E-state index in [0.717, 1.165) is 70.4 Å². The largest absolute Gasteiger partial charge is 0.453 e. The molecule has 3 amide bonds. The van der Waals surface area contributed by atoms with E-state index in [-0.39, 0.29) is 24.1 Å². The van der Waals surface area contributed by atoms with Crippen LogP contribution < -0.4 is 16.0 Å². The first-order chi connectivity index (χ1) is 18.0. The molecule has 1 aromatic carbocycles. The van der Waals surface area contributed by atoms with E-state index in [2.05, 4.69) is 20.7 Å². The summed E-state index contributed by atoms with van der Waals surface area (Å²) >= 11 is 6.29. The molecule has 208 valence electrons. The third-order valence-corrected chi connectivity index (χ3v) is 7.41. The van der Waals surface area contributed by atoms with Crippen LogP contribution in [-0.2, 0) is 14.2 Å². The van der Waals surface area contributed by atoms with Crippen LogP contribution in [0.3, 0.4) is 0 Å². The van der Waals surface area contributed by atoms with Crippen LogP contribution in [0.25, 0.3) is 0 Å². The average molecular weight is 539 g/mol. The molecule has 0 aromatic heterocycles. The molecular weight excluding hydrogens is 496 g/mol. The number of amides is 3. The number of methoxy groups -OCH3 is 1. The zero-order valence-corrected chi connectivity index (χ0v) is 22.9. The first kappa shape index (κ1) is 29.5. The number of likely N-dealkylation sites (N-methyl/N-ethyl adjacent to an activating group) is 1. The van der Waals surface area contributed by atoms with Crippen molar-refractivity contribution in [2.24, 2.45) is 11.8 Å². The number of alkyl carbamates (subject to hydrolysis) is 1. The van der Waals surface area contributed by atoms with Crippen molar-refractivity contribution in [2.75, 3.05) is 60.2 Å². The number of urea groups is 1. The number of carbonyl (C=O) groups is 2. The molecule has 2 heterocycles. The maximum atomic E-state index is 13.4. The molecule has 0 radical (unpaired) electrons. The Morgan fingerprint density at radius 3 is 2.86 bits per heavy atom. The standard InChI is InChI=1S/C27H43ClN4O5/c1-29-18-24(16-20-6-5-13-36-14-10-20)31-26(33)32-12-4-8-22(19-32)25(21-7-3-9-23(28)17-21)37-15-11-30-27(34)35-2/h3,7,9,17,20,22,24-25,29H,4-6,8,10-16,18-19H2,1-2H3,(H,30,34)(H,31,33)/t20-,22-,24+,25?/m1/s1. The van der Waals surface area contributed by atoms with E-state index in [1.807, 2.05) is 36.2 Å². The molecule has 2 saturated heterocycles. The number of benzene rings is 1. The summed E-state index contributed by atoms with van der Waals surface area (Å²) in [7, 11) is 3.26. The number of ether oxygens (including phenoxy) is 3. The summed E-state index contributed by atoms with van der Waals surface area (Å²) in [5.41, 5.74) is 0.974. The predicted octanol–water partition coefficient (Wildman–Crippen LogP) is 3.97. The van der Waals surface area contributed by atoms with E-state index in [0.29, 0.717) is 30.6 Å². The summed E-state index contributed by atoms with van der Waals surface area (Å²) in [4.78, 5) is 26.7. The molecule has 3 N–H and O–H groups in total. The summed E-state index contributed by atoms with van der Waals surface area (Å²) in [5.74, 6) is 0.673. The molecule has 2 aliphatic rings. The number of carbonyl (C=O) groups excluding carboxylic acids is 2. The lowest BCUT2D eigenvalue weighted by Gasteiger charge is -2.38. The van der Waals surface area contributed by atoms with Gasteiger partial charge in [-0.05, 0) is 69.2 Å². The van der Waals surface area contributed by atoms with Crippen molar-refractivity contribution in [1.82, 2.24) is 20.9 Å². The molecule has 0 aliphatic carbocycles. The number of halogens is 1. The van der Waals surface area contributed by atoms with Crippen LogP contribution in [0.15, 0.2) is 24.3 Å². The maximum absolute atomic E-state index is 13.4. The smallest absolute Gasteiger partial charge is 0.406 e. The summed E-state index contributed by atoms with van der Waals surface area (Å²) in [6, 6.07) is 7.72. The molecule has 9 nitrogen and oxygen atoms in total. The van der Waals surface area contributed by atoms with Gasteiger partial charge in [0.25, 0.3) is 0 Å². The number of nitrogens with one attached hydrogen (secondary N) is 3. The summed E-state index contributed by atoms with van der Waals surface area (Å²) in [5, 5.41) is 9.83. The SMILES string of the molecule is CNC[C@H](C[C@@H]1CCCOCC1)NC(=O)N1CCC[C@@H](C(OCCNC(=O)OC)c2cccc(Cl)c2)C1. The van der Waals surface area contributed by atoms with Gasteiger partial charge in [0.15, 0.2) is 0 Å². The van der Waals surface area contributed by atoms with E-state index in [1.165, 1.54) is 7.11 Å². The summed E-state index contributed by atoms with van der Waals surface area (Å²) in [6.07, 6.45) is 5.33. The number of hydrogen-bond donors (Lipinski definition) is 3. The highest BCUT2D eigenvalue weighted by Crippen LogP contribution is 2.34. The van der Waals surface area contributed by atoms with E-state index >= 15 is 0 Å². The predicted molar refractivity (Wildman–Crippen MR) is 144 cm³/mol. The second kappa shape index (κ2) is 16.0. The molecule has 1 unspecified atom stereocenters. The zero-order chi connectivity index (χ0) is 26.5. The molecule has 37 heavy (non-hydrogen) atoms. The normalized spacial score (nSPS) is 22.0. The second-order valence-electron chi connectivity index (χ2n) is 9.96. The molecule has 0 saturated carbocycles. The molecule has 2 aliphatic heterocycles. The van der Waals surface area contributed by atoms with Gasteiger partial charge in [0.2, 0.25) is 0 Å². The van der Waals surface area contributed by atoms with Gasteiger partial charge in [-0.3, -0.25) is 0 Å². The number of piperidine rings is 1. The third-order valence-electron chi connectivity index (χ3n) is 7.17. The summed E-state index contributed by atoms with van der Waals surface area (Å²) < 4.78 is 16.5. The van der Waals surface area contributed by atoms with Crippen molar-refractivity contribution in [3.63, 3.8) is 0 Å². The second-order valence-corrected chi connectivity index (χ2v) is 10.4. The summed E-state index contributed by atoms with van der Waals surface area (Å²) in [6.45, 7) is 4.35. The van der Waals surface area contributed by atoms with Gasteiger partial charge < -0.3 is 35.1 Å². The van der Waals surface area contributed by atoms with Crippen molar-refractivity contribution in [3.8, 4) is 0 Å². The zero-order valence-electron chi connectivity index (χ0n) is 22.2. The first-order valence-electron chi connectivity index (χ1n) is 13.5. The average Bonchev–Trinajstić information content (AvgIpc) is 3.17. The number of rotatable bonds is 11. The Labute approximate surface area is 225 Å². The molecule has 0 spiro atoms. The van der Waals surface area contributed by atoms with E-state index in [1.54, 1.807) is 0 Å². The van der Waals surface area contributed by atoms with Gasteiger partial charge in [-0.2, -0.15) is 0 Å². The monoisotopic (exact) mass is 538 g/mol. The van der Waals surface area contributed by atoms with Crippen molar-refractivity contribution < 1.29 is 23.8 Å². The van der Waals surface area contributed by atoms with Crippen LogP contribution in [0.2, 0.25) is 5.02 Å². The van der Waals surface area contributed by atoms with Gasteiger partial charge in [0.05, 0.1) is 19.8 Å². The van der Waals surface area contributed by atoms with E-state index in [4.69, 9.17) is 21.1 Å². The first-order valence-corrected chi connectivity index (χ1v) is 13.8. The molecule has 2 fully saturated rings. The van der Waals surface area contributed by atoms with Gasteiger partial charge in [-0.15, -0.1) is 0 Å². The van der Waals surface area contributed by atoms with Crippen LogP contribution in [0.5, 0.6) is 0 Å². The Hall–Kier alpha value is -2.07. The van der Waals surface area contributed by atoms with Crippen LogP contribution in [0, 0.1) is 11.8 Å². The lowest BCUT2D eigenvalue weighted by Crippen LogP contribution is -2.52. The quantitative estimate of drug-likeness (QED) is 0.369. The van der Waals surface area contributed by atoms with Crippen molar-refractivity contribution in [3.05, 3.63) is 34.9 Å². The molecule has 0 bridgehead atoms. The molecule has 3 rings (SSSR count). The lowest BCUT2D eigenvalue weighted by atomic mass is 9.88. The van der Waals surface area contributed by atoms with Crippen molar-refractivity contribution >= 4 is 23.7 Å². The van der Waals surface area contributed by atoms with Gasteiger partial charge in [-0.25, -0.2) is 9.59 Å². The fourth-order valence-electron chi connectivity index (χ4n) is 5.35. The van der Waals surface area contributed by atoms with Gasteiger partial charge in [0.1, 0.15) is 0 Å². The minimum absolute atomic E-state index is 0.0213. The molecule has 1 aromatic rings. The minimum atomic E-state index is -0.490. The highest BCUT2D eigenvalue weighted by molar-refractivity contribution is 6.30. The van der Waals surface area contributed by atoms with Crippen LogP contribution in [0.1, 0.15) is 50.2 Å². The van der Waals surface area contributed by atoms with Crippen LogP contribution in [-0.4, -0.2) is 83.2 Å². The minimum Gasteiger partial charge on any atom is -0.453 e. The van der Waals surface area contributed by atoms with E-state index in [9.17, 15) is 9.59 Å². The molecule has 4 atom stereocenters. The van der Waals surface area contributed by atoms with Crippen LogP contribution in [0.4, 0.5) is 9.59 Å². The molecular formula is C27H43ClN4O5. The topological polar surface area (TPSA) is 101 Å². The van der Waals surface area contributed by atoms with Gasteiger partial charge in [-0.1, -0.05) is 23.7 Å². The fraction of sp³-hybridized carbons (Fsp3) is 0.704. The Kier molecular flexibility index (Phi) is 12.8. The number of likely N-dealkylation sites (tertiary alicyclic amines) is 1. The van der Waals surface area contributed by atoms with Gasteiger partial charge >= 0.3 is 12.1 Å². The highest BCUT2D eigenvalue weighted by atomic mass is 35.5. The maximum Gasteiger partial charge on any atom is 0.406 e.